The van der Waals surface area contributed by atoms with Crippen LogP contribution in [0, 0.1) is 19.8 Å². The number of benzene rings is 2. The van der Waals surface area contributed by atoms with Crippen LogP contribution in [-0.4, -0.2) is 32.3 Å². The molecule has 1 aliphatic carbocycles. The zero-order valence-electron chi connectivity index (χ0n) is 22.8. The number of hydrogen-bond acceptors (Lipinski definition) is 3. The van der Waals surface area contributed by atoms with Gasteiger partial charge in [0, 0.05) is 41.0 Å². The second kappa shape index (κ2) is 11.7. The third kappa shape index (κ3) is 5.27. The molecule has 1 aliphatic rings. The standard InChI is InChI=1S/C32H36N4O3/c1-4-5-14-21-39-27-20-13-12-19-26(27)30(28-22(2)33-35(31(28)37)24-15-8-6-9-16-24)29-23(3)34-36(32(29)38)25-17-10-7-11-18-25/h6-13,15-20,26-27,30,33-34H,4-5,14,21H2,1-3H3/t26-,27+/m0/s1. The third-order valence-electron chi connectivity index (χ3n) is 7.45. The van der Waals surface area contributed by atoms with E-state index in [-0.39, 0.29) is 23.1 Å². The monoisotopic (exact) mass is 524 g/mol. The van der Waals surface area contributed by atoms with E-state index in [9.17, 15) is 9.59 Å². The van der Waals surface area contributed by atoms with Crippen molar-refractivity contribution in [2.24, 2.45) is 5.92 Å². The first kappa shape index (κ1) is 26.5. The van der Waals surface area contributed by atoms with Crippen LogP contribution in [-0.2, 0) is 4.74 Å². The average molecular weight is 525 g/mol. The molecule has 0 aliphatic heterocycles. The van der Waals surface area contributed by atoms with Gasteiger partial charge in [0.05, 0.1) is 17.5 Å². The number of aromatic amines is 2. The molecule has 0 bridgehead atoms. The van der Waals surface area contributed by atoms with Gasteiger partial charge in [-0.3, -0.25) is 19.8 Å². The molecular weight excluding hydrogens is 488 g/mol. The van der Waals surface area contributed by atoms with Gasteiger partial charge in [-0.1, -0.05) is 80.5 Å². The van der Waals surface area contributed by atoms with E-state index in [1.54, 1.807) is 9.36 Å². The summed E-state index contributed by atoms with van der Waals surface area (Å²) in [5.74, 6) is -0.765. The smallest absolute Gasteiger partial charge is 0.275 e. The van der Waals surface area contributed by atoms with Gasteiger partial charge in [-0.15, -0.1) is 0 Å². The van der Waals surface area contributed by atoms with E-state index >= 15 is 0 Å². The summed E-state index contributed by atoms with van der Waals surface area (Å²) in [5.41, 5.74) is 3.77. The predicted octanol–water partition coefficient (Wildman–Crippen LogP) is 5.71. The van der Waals surface area contributed by atoms with E-state index < -0.39 is 5.92 Å². The van der Waals surface area contributed by atoms with E-state index in [1.807, 2.05) is 92.7 Å². The van der Waals surface area contributed by atoms with Crippen molar-refractivity contribution in [2.45, 2.75) is 52.1 Å². The molecule has 2 aromatic carbocycles. The molecule has 0 amide bonds. The highest BCUT2D eigenvalue weighted by molar-refractivity contribution is 5.43. The number of para-hydroxylation sites is 2. The molecule has 0 radical (unpaired) electrons. The number of nitrogens with one attached hydrogen (secondary N) is 2. The van der Waals surface area contributed by atoms with Gasteiger partial charge in [-0.2, -0.15) is 0 Å². The van der Waals surface area contributed by atoms with E-state index in [4.69, 9.17) is 4.74 Å². The highest BCUT2D eigenvalue weighted by Crippen LogP contribution is 2.38. The number of aromatic nitrogens is 4. The average Bonchev–Trinajstić information content (AvgIpc) is 3.43. The minimum absolute atomic E-state index is 0.164. The maximum Gasteiger partial charge on any atom is 0.275 e. The van der Waals surface area contributed by atoms with Crippen molar-refractivity contribution in [2.75, 3.05) is 6.61 Å². The second-order valence-corrected chi connectivity index (χ2v) is 10.1. The van der Waals surface area contributed by atoms with Crippen molar-refractivity contribution < 1.29 is 4.74 Å². The lowest BCUT2D eigenvalue weighted by Crippen LogP contribution is -2.34. The molecule has 7 nitrogen and oxygen atoms in total. The van der Waals surface area contributed by atoms with Crippen LogP contribution in [0.4, 0.5) is 0 Å². The van der Waals surface area contributed by atoms with Crippen LogP contribution < -0.4 is 11.1 Å². The summed E-state index contributed by atoms with van der Waals surface area (Å²) in [6.07, 6.45) is 11.0. The van der Waals surface area contributed by atoms with E-state index in [0.717, 1.165) is 42.0 Å². The van der Waals surface area contributed by atoms with Crippen LogP contribution in [0.3, 0.4) is 0 Å². The lowest BCUT2D eigenvalue weighted by atomic mass is 9.76. The first-order chi connectivity index (χ1) is 19.0. The van der Waals surface area contributed by atoms with Crippen molar-refractivity contribution in [3.63, 3.8) is 0 Å². The molecule has 7 heteroatoms. The van der Waals surface area contributed by atoms with Crippen LogP contribution in [0.5, 0.6) is 0 Å². The van der Waals surface area contributed by atoms with Gasteiger partial charge in [-0.05, 0) is 44.5 Å². The number of ether oxygens (including phenoxy) is 1. The van der Waals surface area contributed by atoms with Crippen molar-refractivity contribution in [3.05, 3.63) is 128 Å². The fourth-order valence-electron chi connectivity index (χ4n) is 5.54. The Bertz CT molecular complexity index is 1470. The number of allylic oxidation sites excluding steroid dienone is 2. The second-order valence-electron chi connectivity index (χ2n) is 10.1. The van der Waals surface area contributed by atoms with Crippen LogP contribution in [0.1, 0.15) is 54.6 Å². The zero-order valence-corrected chi connectivity index (χ0v) is 22.8. The first-order valence-corrected chi connectivity index (χ1v) is 13.7. The van der Waals surface area contributed by atoms with Crippen molar-refractivity contribution in [1.82, 2.24) is 19.6 Å². The molecule has 39 heavy (non-hydrogen) atoms. The Morgan fingerprint density at radius 1 is 0.769 bits per heavy atom. The molecule has 2 aromatic heterocycles. The summed E-state index contributed by atoms with van der Waals surface area (Å²) >= 11 is 0. The molecule has 0 fully saturated rings. The molecule has 0 saturated heterocycles. The van der Waals surface area contributed by atoms with Gasteiger partial charge in [0.2, 0.25) is 0 Å². The minimum Gasteiger partial charge on any atom is -0.373 e. The lowest BCUT2D eigenvalue weighted by Gasteiger charge is -2.31. The lowest BCUT2D eigenvalue weighted by molar-refractivity contribution is 0.0500. The number of H-pyrrole nitrogens is 2. The number of aryl methyl sites for hydroxylation is 2. The largest absolute Gasteiger partial charge is 0.373 e. The molecule has 2 heterocycles. The summed E-state index contributed by atoms with van der Waals surface area (Å²) < 4.78 is 9.52. The molecule has 0 unspecified atom stereocenters. The normalized spacial score (nSPS) is 16.8. The maximum atomic E-state index is 14.1. The van der Waals surface area contributed by atoms with Gasteiger partial charge in [0.25, 0.3) is 11.1 Å². The van der Waals surface area contributed by atoms with E-state index in [2.05, 4.69) is 23.2 Å². The Kier molecular flexibility index (Phi) is 7.98. The topological polar surface area (TPSA) is 84.8 Å². The zero-order chi connectivity index (χ0) is 27.4. The summed E-state index contributed by atoms with van der Waals surface area (Å²) in [7, 11) is 0. The van der Waals surface area contributed by atoms with Crippen LogP contribution in [0.2, 0.25) is 0 Å². The summed E-state index contributed by atoms with van der Waals surface area (Å²) in [4.78, 5) is 28.2. The Hall–Kier alpha value is -4.10. The minimum atomic E-state index is -0.523. The highest BCUT2D eigenvalue weighted by atomic mass is 16.5. The van der Waals surface area contributed by atoms with E-state index in [1.165, 1.54) is 0 Å². The number of nitrogens with zero attached hydrogens (tertiary/aromatic N) is 2. The van der Waals surface area contributed by atoms with Gasteiger partial charge < -0.3 is 4.74 Å². The number of unbranched alkanes of at least 4 members (excludes halogenated alkanes) is 2. The van der Waals surface area contributed by atoms with Gasteiger partial charge in [-0.25, -0.2) is 9.36 Å². The van der Waals surface area contributed by atoms with Gasteiger partial charge in [0.15, 0.2) is 0 Å². The van der Waals surface area contributed by atoms with Crippen molar-refractivity contribution in [3.8, 4) is 11.4 Å². The Labute approximate surface area is 228 Å². The van der Waals surface area contributed by atoms with Crippen LogP contribution in [0.15, 0.2) is 94.6 Å². The fraction of sp³-hybridized carbons (Fsp3) is 0.312. The maximum absolute atomic E-state index is 14.1. The molecule has 2 N–H and O–H groups in total. The third-order valence-corrected chi connectivity index (χ3v) is 7.45. The fourth-order valence-corrected chi connectivity index (χ4v) is 5.54. The van der Waals surface area contributed by atoms with Crippen LogP contribution in [0.25, 0.3) is 11.4 Å². The molecule has 0 spiro atoms. The summed E-state index contributed by atoms with van der Waals surface area (Å²) in [6.45, 7) is 6.60. The first-order valence-electron chi connectivity index (χ1n) is 13.7. The number of hydrogen-bond donors (Lipinski definition) is 2. The van der Waals surface area contributed by atoms with Crippen molar-refractivity contribution >= 4 is 0 Å². The molecule has 4 aromatic rings. The summed E-state index contributed by atoms with van der Waals surface area (Å²) in [6, 6.07) is 19.0. The van der Waals surface area contributed by atoms with Crippen LogP contribution >= 0.6 is 0 Å². The quantitative estimate of drug-likeness (QED) is 0.261. The molecule has 5 rings (SSSR count). The Morgan fingerprint density at radius 3 is 1.79 bits per heavy atom. The molecular formula is C32H36N4O3. The Balaban J connectivity index is 1.67. The summed E-state index contributed by atoms with van der Waals surface area (Å²) in [5, 5.41) is 6.55. The predicted molar refractivity (Wildman–Crippen MR) is 155 cm³/mol. The Morgan fingerprint density at radius 2 is 1.28 bits per heavy atom. The highest BCUT2D eigenvalue weighted by Gasteiger charge is 2.38. The SMILES string of the molecule is CCCCCO[C@@H]1C=CC=C[C@@H]1C(c1c(C)[nH]n(-c2ccccc2)c1=O)c1c(C)[nH]n(-c2ccccc2)c1=O. The molecule has 2 atom stereocenters. The van der Waals surface area contributed by atoms with Crippen molar-refractivity contribution in [1.29, 1.82) is 0 Å². The molecule has 202 valence electrons. The van der Waals surface area contributed by atoms with Gasteiger partial charge >= 0.3 is 0 Å². The van der Waals surface area contributed by atoms with E-state index in [0.29, 0.717) is 17.7 Å². The molecule has 0 saturated carbocycles. The number of rotatable bonds is 10. The van der Waals surface area contributed by atoms with Gasteiger partial charge in [0.1, 0.15) is 0 Å².